The minimum atomic E-state index is -3.44. The molecule has 0 amide bonds. The molecule has 1 aromatic heterocycles. The molecule has 0 saturated carbocycles. The van der Waals surface area contributed by atoms with Crippen LogP contribution >= 0.6 is 0 Å². The van der Waals surface area contributed by atoms with Crippen LogP contribution < -0.4 is 0 Å². The first kappa shape index (κ1) is 11.9. The predicted molar refractivity (Wildman–Crippen MR) is 56.5 cm³/mol. The molecule has 15 heavy (non-hydrogen) atoms. The second kappa shape index (κ2) is 3.44. The van der Waals surface area contributed by atoms with Crippen LogP contribution in [0.25, 0.3) is 0 Å². The summed E-state index contributed by atoms with van der Waals surface area (Å²) in [6, 6.07) is 0. The largest absolute Gasteiger partial charge is 0.340 e. The number of hydrogen-bond acceptors (Lipinski definition) is 4. The van der Waals surface area contributed by atoms with Crippen LogP contribution in [0.1, 0.15) is 24.3 Å². The number of nitrogens with zero attached hydrogens (tertiary/aromatic N) is 2. The SMILES string of the molecule is Cn1cnc(C(=O)C(C)(C)S(C)(=O)=O)c1. The summed E-state index contributed by atoms with van der Waals surface area (Å²) < 4.78 is 23.0. The fourth-order valence-corrected chi connectivity index (χ4v) is 1.45. The highest BCUT2D eigenvalue weighted by molar-refractivity contribution is 7.92. The van der Waals surface area contributed by atoms with Crippen molar-refractivity contribution in [1.82, 2.24) is 9.55 Å². The lowest BCUT2D eigenvalue weighted by molar-refractivity contribution is 0.0949. The number of rotatable bonds is 3. The topological polar surface area (TPSA) is 69.0 Å². The van der Waals surface area contributed by atoms with Crippen LogP contribution in [0, 0.1) is 0 Å². The second-order valence-electron chi connectivity index (χ2n) is 4.04. The molecule has 1 heterocycles. The zero-order valence-corrected chi connectivity index (χ0v) is 10.00. The van der Waals surface area contributed by atoms with E-state index in [-0.39, 0.29) is 5.69 Å². The highest BCUT2D eigenvalue weighted by Gasteiger charge is 2.39. The van der Waals surface area contributed by atoms with Gasteiger partial charge in [0.25, 0.3) is 0 Å². The fourth-order valence-electron chi connectivity index (χ4n) is 1.01. The average molecular weight is 230 g/mol. The van der Waals surface area contributed by atoms with Gasteiger partial charge in [0.05, 0.1) is 6.33 Å². The lowest BCUT2D eigenvalue weighted by atomic mass is 10.1. The number of sulfone groups is 1. The molecule has 1 aromatic rings. The number of Topliss-reactive ketones (excluding diaryl/α,β-unsaturated/α-hetero) is 1. The Kier molecular flexibility index (Phi) is 2.73. The van der Waals surface area contributed by atoms with E-state index < -0.39 is 20.4 Å². The van der Waals surface area contributed by atoms with E-state index in [9.17, 15) is 13.2 Å². The van der Waals surface area contributed by atoms with E-state index in [0.29, 0.717) is 0 Å². The van der Waals surface area contributed by atoms with E-state index in [0.717, 1.165) is 6.26 Å². The Morgan fingerprint density at radius 3 is 2.33 bits per heavy atom. The van der Waals surface area contributed by atoms with Gasteiger partial charge in [0.15, 0.2) is 9.84 Å². The van der Waals surface area contributed by atoms with Gasteiger partial charge in [-0.3, -0.25) is 4.79 Å². The Labute approximate surface area is 89.0 Å². The standard InChI is InChI=1S/C9H14N2O3S/c1-9(2,15(4,13)14)8(12)7-5-11(3)6-10-7/h5-6H,1-4H3. The van der Waals surface area contributed by atoms with Crippen molar-refractivity contribution in [3.8, 4) is 0 Å². The summed E-state index contributed by atoms with van der Waals surface area (Å²) in [5.74, 6) is -0.481. The van der Waals surface area contributed by atoms with Crippen molar-refractivity contribution in [1.29, 1.82) is 0 Å². The van der Waals surface area contributed by atoms with Gasteiger partial charge < -0.3 is 4.57 Å². The molecule has 84 valence electrons. The van der Waals surface area contributed by atoms with E-state index in [1.165, 1.54) is 26.4 Å². The van der Waals surface area contributed by atoms with Crippen molar-refractivity contribution in [2.75, 3.05) is 6.26 Å². The van der Waals surface area contributed by atoms with Crippen LogP contribution in [-0.2, 0) is 16.9 Å². The van der Waals surface area contributed by atoms with Gasteiger partial charge in [0.1, 0.15) is 10.4 Å². The van der Waals surface area contributed by atoms with Gasteiger partial charge in [-0.2, -0.15) is 0 Å². The van der Waals surface area contributed by atoms with Crippen LogP contribution in [0.3, 0.4) is 0 Å². The molecule has 0 radical (unpaired) electrons. The van der Waals surface area contributed by atoms with Gasteiger partial charge in [-0.15, -0.1) is 0 Å². The molecule has 0 unspecified atom stereocenters. The number of ketones is 1. The predicted octanol–water partition coefficient (Wildman–Crippen LogP) is 0.426. The third kappa shape index (κ3) is 2.09. The maximum atomic E-state index is 11.9. The normalized spacial score (nSPS) is 12.8. The lowest BCUT2D eigenvalue weighted by Gasteiger charge is -2.19. The summed E-state index contributed by atoms with van der Waals surface area (Å²) in [7, 11) is -1.72. The highest BCUT2D eigenvalue weighted by atomic mass is 32.2. The molecule has 0 aliphatic carbocycles. The van der Waals surface area contributed by atoms with Crippen LogP contribution in [0.5, 0.6) is 0 Å². The number of aryl methyl sites for hydroxylation is 1. The van der Waals surface area contributed by atoms with E-state index in [1.54, 1.807) is 11.6 Å². The van der Waals surface area contributed by atoms with Crippen LogP contribution in [0.15, 0.2) is 12.5 Å². The second-order valence-corrected chi connectivity index (χ2v) is 6.60. The maximum Gasteiger partial charge on any atom is 0.203 e. The number of hydrogen-bond donors (Lipinski definition) is 0. The average Bonchev–Trinajstić information content (AvgIpc) is 2.48. The summed E-state index contributed by atoms with van der Waals surface area (Å²) in [5.41, 5.74) is 0.174. The molecule has 0 atom stereocenters. The molecule has 5 nitrogen and oxygen atoms in total. The van der Waals surface area contributed by atoms with Crippen molar-refractivity contribution >= 4 is 15.6 Å². The number of aromatic nitrogens is 2. The lowest BCUT2D eigenvalue weighted by Crippen LogP contribution is -2.40. The van der Waals surface area contributed by atoms with Gasteiger partial charge in [0, 0.05) is 19.5 Å². The van der Waals surface area contributed by atoms with E-state index >= 15 is 0 Å². The molecule has 0 spiro atoms. The summed E-state index contributed by atoms with van der Waals surface area (Å²) >= 11 is 0. The van der Waals surface area contributed by atoms with Crippen molar-refractivity contribution < 1.29 is 13.2 Å². The quantitative estimate of drug-likeness (QED) is 0.706. The number of imidazole rings is 1. The van der Waals surface area contributed by atoms with Gasteiger partial charge in [-0.1, -0.05) is 0 Å². The minimum absolute atomic E-state index is 0.174. The van der Waals surface area contributed by atoms with Crippen LogP contribution in [0.4, 0.5) is 0 Å². The Balaban J connectivity index is 3.16. The molecular weight excluding hydrogens is 216 g/mol. The summed E-state index contributed by atoms with van der Waals surface area (Å²) in [4.78, 5) is 15.7. The minimum Gasteiger partial charge on any atom is -0.340 e. The molecule has 0 fully saturated rings. The van der Waals surface area contributed by atoms with Crippen molar-refractivity contribution in [3.63, 3.8) is 0 Å². The molecule has 1 rings (SSSR count). The molecule has 0 aliphatic rings. The highest BCUT2D eigenvalue weighted by Crippen LogP contribution is 2.20. The van der Waals surface area contributed by atoms with Crippen molar-refractivity contribution in [2.45, 2.75) is 18.6 Å². The first-order valence-corrected chi connectivity index (χ1v) is 6.28. The zero-order chi connectivity index (χ0) is 11.9. The Hall–Kier alpha value is -1.17. The van der Waals surface area contributed by atoms with Gasteiger partial charge in [0.2, 0.25) is 5.78 Å². The Morgan fingerprint density at radius 1 is 1.47 bits per heavy atom. The molecule has 6 heteroatoms. The maximum absolute atomic E-state index is 11.9. The van der Waals surface area contributed by atoms with Crippen molar-refractivity contribution in [2.24, 2.45) is 7.05 Å². The smallest absolute Gasteiger partial charge is 0.203 e. The van der Waals surface area contributed by atoms with Crippen LogP contribution in [0.2, 0.25) is 0 Å². The van der Waals surface area contributed by atoms with Gasteiger partial charge >= 0.3 is 0 Å². The third-order valence-corrected chi connectivity index (χ3v) is 4.45. The zero-order valence-electron chi connectivity index (χ0n) is 9.18. The molecule has 0 aliphatic heterocycles. The fraction of sp³-hybridized carbons (Fsp3) is 0.556. The van der Waals surface area contributed by atoms with E-state index in [2.05, 4.69) is 4.98 Å². The number of carbonyl (C=O) groups excluding carboxylic acids is 1. The van der Waals surface area contributed by atoms with Crippen LogP contribution in [-0.4, -0.2) is 34.8 Å². The molecule has 0 N–H and O–H groups in total. The van der Waals surface area contributed by atoms with Gasteiger partial charge in [-0.05, 0) is 13.8 Å². The Bertz CT molecular complexity index is 485. The first-order valence-electron chi connectivity index (χ1n) is 4.38. The third-order valence-electron chi connectivity index (χ3n) is 2.41. The number of carbonyl (C=O) groups is 1. The van der Waals surface area contributed by atoms with Gasteiger partial charge in [-0.25, -0.2) is 13.4 Å². The van der Waals surface area contributed by atoms with E-state index in [1.807, 2.05) is 0 Å². The summed E-state index contributed by atoms with van der Waals surface area (Å²) in [6.45, 7) is 2.78. The molecule has 0 saturated heterocycles. The molecule has 0 aromatic carbocycles. The summed E-state index contributed by atoms with van der Waals surface area (Å²) in [6.07, 6.45) is 4.02. The summed E-state index contributed by atoms with van der Waals surface area (Å²) in [5, 5.41) is 0. The molecular formula is C9H14N2O3S. The first-order chi connectivity index (χ1) is 6.66. The van der Waals surface area contributed by atoms with Crippen molar-refractivity contribution in [3.05, 3.63) is 18.2 Å². The molecule has 0 bridgehead atoms. The monoisotopic (exact) mass is 230 g/mol. The Morgan fingerprint density at radius 2 is 2.00 bits per heavy atom. The van der Waals surface area contributed by atoms with E-state index in [4.69, 9.17) is 0 Å².